The second kappa shape index (κ2) is 14.0. The molecule has 2 aromatic rings. The Morgan fingerprint density at radius 3 is 2.64 bits per heavy atom. The Morgan fingerprint density at radius 1 is 1.08 bits per heavy atom. The number of likely N-dealkylation sites (tertiary alicyclic amines) is 1. The molecule has 2 bridgehead atoms. The summed E-state index contributed by atoms with van der Waals surface area (Å²) in [5.74, 6) is 0.157. The van der Waals surface area contributed by atoms with Crippen LogP contribution in [-0.2, 0) is 36.1 Å². The molecule has 0 radical (unpaired) electrons. The van der Waals surface area contributed by atoms with Crippen LogP contribution in [0.2, 0.25) is 5.02 Å². The second-order valence-corrected chi connectivity index (χ2v) is 17.2. The number of fused-ring (bicyclic) bond motifs is 4. The van der Waals surface area contributed by atoms with Crippen molar-refractivity contribution >= 4 is 33.2 Å². The summed E-state index contributed by atoms with van der Waals surface area (Å²) in [5, 5.41) is 0.698. The molecule has 3 aliphatic heterocycles. The number of hydrogen-bond donors (Lipinski definition) is 1. The van der Waals surface area contributed by atoms with Gasteiger partial charge in [-0.15, -0.1) is 0 Å². The second-order valence-electron chi connectivity index (χ2n) is 15.0. The summed E-state index contributed by atoms with van der Waals surface area (Å²) in [6.07, 6.45) is 5.22. The SMILES string of the molecule is CC1(C)OCC=C[C@H](OCCN2C[C@@H](F)[C@@H](F)C2)[C@@H]2CC[C@H]2CN2C[C@@]3(CCCc4cc(Cl)ccc43)COc3ccc(cc32)S(=O)(=O)NC1=O. The molecule has 9 nitrogen and oxygen atoms in total. The van der Waals surface area contributed by atoms with Crippen LogP contribution in [0.3, 0.4) is 0 Å². The van der Waals surface area contributed by atoms with Gasteiger partial charge in [-0.3, -0.25) is 9.69 Å². The van der Waals surface area contributed by atoms with Gasteiger partial charge in [0, 0.05) is 43.2 Å². The van der Waals surface area contributed by atoms with E-state index in [1.807, 2.05) is 18.2 Å². The van der Waals surface area contributed by atoms with E-state index in [1.54, 1.807) is 23.1 Å². The van der Waals surface area contributed by atoms with E-state index in [-0.39, 0.29) is 47.9 Å². The number of halogens is 3. The Morgan fingerprint density at radius 2 is 1.88 bits per heavy atom. The van der Waals surface area contributed by atoms with Crippen molar-refractivity contribution in [1.29, 1.82) is 0 Å². The monoisotopic (exact) mass is 733 g/mol. The van der Waals surface area contributed by atoms with Crippen LogP contribution in [0.5, 0.6) is 5.75 Å². The van der Waals surface area contributed by atoms with Crippen molar-refractivity contribution in [3.8, 4) is 5.75 Å². The predicted molar refractivity (Wildman–Crippen MR) is 187 cm³/mol. The van der Waals surface area contributed by atoms with Crippen molar-refractivity contribution in [2.75, 3.05) is 57.4 Å². The van der Waals surface area contributed by atoms with Crippen molar-refractivity contribution in [3.63, 3.8) is 0 Å². The number of hydrogen-bond acceptors (Lipinski definition) is 8. The number of nitrogens with one attached hydrogen (secondary N) is 1. The number of aryl methyl sites for hydroxylation is 1. The summed E-state index contributed by atoms with van der Waals surface area (Å²) in [6, 6.07) is 10.9. The van der Waals surface area contributed by atoms with Gasteiger partial charge < -0.3 is 19.1 Å². The quantitative estimate of drug-likeness (QED) is 0.419. The first-order valence-electron chi connectivity index (χ1n) is 17.6. The molecular weight excluding hydrogens is 688 g/mol. The molecular formula is C37H46ClF2N3O6S. The minimum atomic E-state index is -4.24. The van der Waals surface area contributed by atoms with Crippen molar-refractivity contribution < 1.29 is 36.2 Å². The molecule has 0 unspecified atom stereocenters. The van der Waals surface area contributed by atoms with Gasteiger partial charge in [-0.25, -0.2) is 21.9 Å². The van der Waals surface area contributed by atoms with Gasteiger partial charge in [0.25, 0.3) is 15.9 Å². The van der Waals surface area contributed by atoms with Crippen LogP contribution in [0.1, 0.15) is 50.7 Å². The first kappa shape index (κ1) is 35.6. The fourth-order valence-electron chi connectivity index (χ4n) is 8.23. The lowest BCUT2D eigenvalue weighted by Gasteiger charge is -2.46. The maximum atomic E-state index is 13.9. The van der Waals surface area contributed by atoms with E-state index in [2.05, 4.69) is 15.7 Å². The average Bonchev–Trinajstić information content (AvgIpc) is 3.29. The van der Waals surface area contributed by atoms with Gasteiger partial charge in [0.1, 0.15) is 23.7 Å². The Bertz CT molecular complexity index is 1730. The minimum absolute atomic E-state index is 0.0351. The largest absolute Gasteiger partial charge is 0.490 e. The molecule has 1 saturated carbocycles. The van der Waals surface area contributed by atoms with Gasteiger partial charge in [0.05, 0.1) is 36.5 Å². The lowest BCUT2D eigenvalue weighted by Crippen LogP contribution is -2.50. The fourth-order valence-corrected chi connectivity index (χ4v) is 9.55. The van der Waals surface area contributed by atoms with Crippen molar-refractivity contribution in [2.45, 2.75) is 80.3 Å². The number of nitrogens with zero attached hydrogens (tertiary/aromatic N) is 2. The lowest BCUT2D eigenvalue weighted by molar-refractivity contribution is -0.139. The lowest BCUT2D eigenvalue weighted by atomic mass is 9.68. The van der Waals surface area contributed by atoms with Gasteiger partial charge in [-0.2, -0.15) is 0 Å². The molecule has 6 atom stereocenters. The van der Waals surface area contributed by atoms with Crippen LogP contribution in [0.15, 0.2) is 53.4 Å². The molecule has 13 heteroatoms. The Balaban J connectivity index is 1.23. The highest BCUT2D eigenvalue weighted by Gasteiger charge is 2.45. The van der Waals surface area contributed by atoms with Crippen molar-refractivity contribution in [2.24, 2.45) is 11.8 Å². The number of amides is 1. The molecule has 50 heavy (non-hydrogen) atoms. The Kier molecular flexibility index (Phi) is 9.97. The van der Waals surface area contributed by atoms with Gasteiger partial charge in [0.2, 0.25) is 0 Å². The fraction of sp³-hybridized carbons (Fsp3) is 0.595. The smallest absolute Gasteiger partial charge is 0.265 e. The van der Waals surface area contributed by atoms with Gasteiger partial charge in [-0.05, 0) is 99.2 Å². The summed E-state index contributed by atoms with van der Waals surface area (Å²) in [6.45, 7) is 5.65. The summed E-state index contributed by atoms with van der Waals surface area (Å²) in [7, 11) is -4.24. The van der Waals surface area contributed by atoms with Crippen LogP contribution in [0.25, 0.3) is 0 Å². The van der Waals surface area contributed by atoms with E-state index in [9.17, 15) is 22.0 Å². The summed E-state index contributed by atoms with van der Waals surface area (Å²) in [5.41, 5.74) is 1.28. The third-order valence-electron chi connectivity index (χ3n) is 11.3. The van der Waals surface area contributed by atoms with Gasteiger partial charge in [0.15, 0.2) is 0 Å². The molecule has 1 saturated heterocycles. The third-order valence-corrected chi connectivity index (χ3v) is 12.9. The van der Waals surface area contributed by atoms with Crippen molar-refractivity contribution in [1.82, 2.24) is 9.62 Å². The molecule has 272 valence electrons. The highest BCUT2D eigenvalue weighted by molar-refractivity contribution is 7.90. The number of sulfonamides is 1. The minimum Gasteiger partial charge on any atom is -0.490 e. The van der Waals surface area contributed by atoms with E-state index < -0.39 is 33.9 Å². The Labute approximate surface area is 298 Å². The molecule has 2 fully saturated rings. The first-order valence-corrected chi connectivity index (χ1v) is 19.5. The van der Waals surface area contributed by atoms with Crippen LogP contribution >= 0.6 is 11.6 Å². The molecule has 5 aliphatic rings. The highest BCUT2D eigenvalue weighted by Crippen LogP contribution is 2.47. The zero-order valence-electron chi connectivity index (χ0n) is 28.6. The molecule has 2 aromatic carbocycles. The number of carbonyl (C=O) groups is 1. The molecule has 3 heterocycles. The summed E-state index contributed by atoms with van der Waals surface area (Å²) >= 11 is 6.43. The zero-order valence-corrected chi connectivity index (χ0v) is 30.2. The van der Waals surface area contributed by atoms with E-state index in [4.69, 9.17) is 25.8 Å². The van der Waals surface area contributed by atoms with Gasteiger partial charge >= 0.3 is 0 Å². The molecule has 2 aliphatic carbocycles. The number of carbonyl (C=O) groups excluding carboxylic acids is 1. The van der Waals surface area contributed by atoms with E-state index in [0.29, 0.717) is 49.3 Å². The maximum Gasteiger partial charge on any atom is 0.265 e. The number of benzene rings is 2. The Hall–Kier alpha value is -2.77. The molecule has 1 spiro atoms. The van der Waals surface area contributed by atoms with E-state index in [1.165, 1.54) is 31.0 Å². The summed E-state index contributed by atoms with van der Waals surface area (Å²) in [4.78, 5) is 17.2. The van der Waals surface area contributed by atoms with Crippen LogP contribution in [0, 0.1) is 11.8 Å². The van der Waals surface area contributed by atoms with Crippen LogP contribution in [0.4, 0.5) is 14.5 Å². The molecule has 1 amide bonds. The van der Waals surface area contributed by atoms with Crippen LogP contribution in [-0.4, -0.2) is 95.8 Å². The normalized spacial score (nSPS) is 32.3. The maximum absolute atomic E-state index is 13.9. The van der Waals surface area contributed by atoms with Gasteiger partial charge in [-0.1, -0.05) is 29.8 Å². The van der Waals surface area contributed by atoms with Crippen molar-refractivity contribution in [3.05, 3.63) is 64.7 Å². The third kappa shape index (κ3) is 7.15. The number of rotatable bonds is 4. The number of ether oxygens (including phenoxy) is 3. The molecule has 7 rings (SSSR count). The average molecular weight is 734 g/mol. The first-order chi connectivity index (χ1) is 23.8. The number of alkyl halides is 2. The zero-order chi connectivity index (χ0) is 35.3. The topological polar surface area (TPSA) is 97.4 Å². The van der Waals surface area contributed by atoms with Crippen LogP contribution < -0.4 is 14.4 Å². The summed E-state index contributed by atoms with van der Waals surface area (Å²) < 4.78 is 76.1. The predicted octanol–water partition coefficient (Wildman–Crippen LogP) is 5.39. The molecule has 1 N–H and O–H groups in total. The standard InChI is InChI=1S/C37H46ClF2N3O6S/c1-36(2)35(44)41-50(45,46)27-9-12-34-32(18-27)43(22-37(23-48-34)13-3-5-24-17-26(38)8-11-29(24)37)19-25-7-10-28(25)33(6-4-15-49-36)47-16-14-42-20-30(39)31(40)21-42/h4,6,8-9,11-12,17-18,25,28,30-31,33H,3,5,7,10,13-16,19-23H2,1-2H3,(H,41,44)/t25-,28+,30-,31+,33-,37-/m0/s1. The highest BCUT2D eigenvalue weighted by atomic mass is 35.5. The molecule has 0 aromatic heterocycles. The number of anilines is 1. The van der Waals surface area contributed by atoms with E-state index >= 15 is 0 Å². The van der Waals surface area contributed by atoms with E-state index in [0.717, 1.165) is 32.1 Å².